The minimum atomic E-state index is 0.630. The second-order valence-electron chi connectivity index (χ2n) is 5.32. The summed E-state index contributed by atoms with van der Waals surface area (Å²) in [6.07, 6.45) is 1.36. The van der Waals surface area contributed by atoms with E-state index >= 15 is 0 Å². The number of hydrogen-bond donors (Lipinski definition) is 0. The van der Waals surface area contributed by atoms with Gasteiger partial charge in [0.15, 0.2) is 0 Å². The largest absolute Gasteiger partial charge is 0.331 e. The van der Waals surface area contributed by atoms with Crippen molar-refractivity contribution in [1.82, 2.24) is 0 Å². The third-order valence-corrected chi connectivity index (χ3v) is 2.03. The second kappa shape index (κ2) is 3.05. The first-order valence-electron chi connectivity index (χ1n) is 4.01. The van der Waals surface area contributed by atoms with Crippen molar-refractivity contribution in [3.63, 3.8) is 0 Å². The molecule has 0 aromatic carbocycles. The quantitative estimate of drug-likeness (QED) is 0.420. The van der Waals surface area contributed by atoms with Crippen LogP contribution in [0, 0.1) is 0 Å². The van der Waals surface area contributed by atoms with E-state index in [9.17, 15) is 0 Å². The van der Waals surface area contributed by atoms with Crippen LogP contribution in [0.1, 0.15) is 20.3 Å². The standard InChI is InChI=1S/C8H22NSi/c1-8(2,10)6-7-9(3,4)5/h6-7H2,1-5,10H3/q+1. The Morgan fingerprint density at radius 3 is 1.70 bits per heavy atom. The fourth-order valence-corrected chi connectivity index (χ4v) is 0.894. The molecule has 0 rings (SSSR count). The molecular weight excluding hydrogens is 138 g/mol. The van der Waals surface area contributed by atoms with Crippen molar-refractivity contribution in [3.8, 4) is 0 Å². The van der Waals surface area contributed by atoms with Crippen LogP contribution in [0.2, 0.25) is 5.04 Å². The van der Waals surface area contributed by atoms with Gasteiger partial charge in [0.05, 0.1) is 27.7 Å². The van der Waals surface area contributed by atoms with Gasteiger partial charge in [0.2, 0.25) is 0 Å². The fraction of sp³-hybridized carbons (Fsp3) is 1.00. The molecule has 0 aliphatic heterocycles. The van der Waals surface area contributed by atoms with Crippen molar-refractivity contribution < 1.29 is 4.48 Å². The van der Waals surface area contributed by atoms with E-state index in [2.05, 4.69) is 35.0 Å². The monoisotopic (exact) mass is 160 g/mol. The van der Waals surface area contributed by atoms with Crippen molar-refractivity contribution in [3.05, 3.63) is 0 Å². The zero-order valence-electron chi connectivity index (χ0n) is 8.36. The molecule has 0 aliphatic carbocycles. The lowest BCUT2D eigenvalue weighted by molar-refractivity contribution is -0.870. The Bertz CT molecular complexity index is 82.8. The summed E-state index contributed by atoms with van der Waals surface area (Å²) in [5.74, 6) is 0. The van der Waals surface area contributed by atoms with Gasteiger partial charge in [-0.05, 0) is 11.5 Å². The highest BCUT2D eigenvalue weighted by atomic mass is 28.1. The van der Waals surface area contributed by atoms with Crippen LogP contribution in [0.5, 0.6) is 0 Å². The predicted molar refractivity (Wildman–Crippen MR) is 51.5 cm³/mol. The molecule has 0 bridgehead atoms. The average Bonchev–Trinajstić information content (AvgIpc) is 1.57. The third-order valence-electron chi connectivity index (χ3n) is 1.53. The smallest absolute Gasteiger partial charge is 0.0782 e. The highest BCUT2D eigenvalue weighted by Gasteiger charge is 2.15. The van der Waals surface area contributed by atoms with Crippen LogP contribution < -0.4 is 0 Å². The van der Waals surface area contributed by atoms with Crippen LogP contribution in [0.25, 0.3) is 0 Å². The highest BCUT2D eigenvalue weighted by molar-refractivity contribution is 6.14. The van der Waals surface area contributed by atoms with Gasteiger partial charge < -0.3 is 4.48 Å². The van der Waals surface area contributed by atoms with Gasteiger partial charge in [-0.15, -0.1) is 0 Å². The first-order chi connectivity index (χ1) is 4.21. The Morgan fingerprint density at radius 2 is 1.60 bits per heavy atom. The highest BCUT2D eigenvalue weighted by Crippen LogP contribution is 2.23. The van der Waals surface area contributed by atoms with Gasteiger partial charge in [0.25, 0.3) is 0 Å². The van der Waals surface area contributed by atoms with Crippen LogP contribution in [-0.4, -0.2) is 42.4 Å². The molecule has 0 unspecified atom stereocenters. The average molecular weight is 160 g/mol. The Morgan fingerprint density at radius 1 is 1.20 bits per heavy atom. The summed E-state index contributed by atoms with van der Waals surface area (Å²) >= 11 is 0. The first kappa shape index (κ1) is 10.2. The summed E-state index contributed by atoms with van der Waals surface area (Å²) in [5, 5.41) is 0.630. The Hall–Kier alpha value is 0.177. The molecular formula is C8H22NSi+. The molecule has 0 saturated heterocycles. The summed E-state index contributed by atoms with van der Waals surface area (Å²) in [6, 6.07) is 0. The molecule has 0 heterocycles. The van der Waals surface area contributed by atoms with Gasteiger partial charge in [-0.1, -0.05) is 13.8 Å². The van der Waals surface area contributed by atoms with Gasteiger partial charge in [-0.25, -0.2) is 0 Å². The molecule has 0 aromatic heterocycles. The van der Waals surface area contributed by atoms with Crippen LogP contribution >= 0.6 is 0 Å². The molecule has 62 valence electrons. The number of hydrogen-bond acceptors (Lipinski definition) is 0. The summed E-state index contributed by atoms with van der Waals surface area (Å²) in [6.45, 7) is 6.01. The van der Waals surface area contributed by atoms with E-state index in [1.807, 2.05) is 0 Å². The van der Waals surface area contributed by atoms with E-state index in [0.717, 1.165) is 4.48 Å². The molecule has 0 spiro atoms. The van der Waals surface area contributed by atoms with Crippen molar-refractivity contribution in [2.24, 2.45) is 0 Å². The zero-order chi connectivity index (χ0) is 8.41. The second-order valence-corrected chi connectivity index (χ2v) is 8.03. The molecule has 0 fully saturated rings. The van der Waals surface area contributed by atoms with Crippen molar-refractivity contribution in [1.29, 1.82) is 0 Å². The fourth-order valence-electron chi connectivity index (χ4n) is 0.671. The molecule has 1 nitrogen and oxygen atoms in total. The molecule has 0 amide bonds. The molecule has 0 radical (unpaired) electrons. The molecule has 0 saturated carbocycles. The topological polar surface area (TPSA) is 0 Å². The molecule has 0 aliphatic rings. The van der Waals surface area contributed by atoms with Gasteiger partial charge in [-0.3, -0.25) is 0 Å². The lowest BCUT2D eigenvalue weighted by atomic mass is 10.1. The molecule has 10 heavy (non-hydrogen) atoms. The SMILES string of the molecule is CC(C)([SiH3])CC[N+](C)(C)C. The Balaban J connectivity index is 3.56. The van der Waals surface area contributed by atoms with Gasteiger partial charge in [0, 0.05) is 10.2 Å². The molecule has 0 atom stereocenters. The van der Waals surface area contributed by atoms with Crippen LogP contribution in [0.15, 0.2) is 0 Å². The summed E-state index contributed by atoms with van der Waals surface area (Å²) in [4.78, 5) is 0. The molecule has 0 N–H and O–H groups in total. The number of quaternary nitrogens is 1. The van der Waals surface area contributed by atoms with Gasteiger partial charge >= 0.3 is 0 Å². The minimum absolute atomic E-state index is 0.630. The predicted octanol–water partition coefficient (Wildman–Crippen LogP) is 0.647. The maximum Gasteiger partial charge on any atom is 0.0782 e. The van der Waals surface area contributed by atoms with E-state index in [4.69, 9.17) is 0 Å². The molecule has 2 heteroatoms. The first-order valence-corrected chi connectivity index (χ1v) is 5.01. The number of rotatable bonds is 3. The lowest BCUT2D eigenvalue weighted by Crippen LogP contribution is -2.36. The van der Waals surface area contributed by atoms with Crippen LogP contribution in [0.4, 0.5) is 0 Å². The van der Waals surface area contributed by atoms with Crippen molar-refractivity contribution in [2.45, 2.75) is 25.3 Å². The zero-order valence-corrected chi connectivity index (χ0v) is 10.4. The van der Waals surface area contributed by atoms with Gasteiger partial charge in [-0.2, -0.15) is 0 Å². The third kappa shape index (κ3) is 8.18. The summed E-state index contributed by atoms with van der Waals surface area (Å²) in [5.41, 5.74) is 0. The van der Waals surface area contributed by atoms with Crippen molar-refractivity contribution in [2.75, 3.05) is 27.7 Å². The van der Waals surface area contributed by atoms with E-state index in [1.54, 1.807) is 0 Å². The maximum atomic E-state index is 2.36. The normalized spacial score (nSPS) is 14.1. The van der Waals surface area contributed by atoms with E-state index < -0.39 is 0 Å². The van der Waals surface area contributed by atoms with E-state index in [-0.39, 0.29) is 0 Å². The molecule has 0 aromatic rings. The Labute approximate surface area is 68.4 Å². The van der Waals surface area contributed by atoms with Crippen LogP contribution in [0.3, 0.4) is 0 Å². The maximum absolute atomic E-state index is 2.36. The van der Waals surface area contributed by atoms with E-state index in [1.165, 1.54) is 23.2 Å². The minimum Gasteiger partial charge on any atom is -0.331 e. The number of nitrogens with zero attached hydrogens (tertiary/aromatic N) is 1. The van der Waals surface area contributed by atoms with Crippen molar-refractivity contribution >= 4 is 10.2 Å². The lowest BCUT2D eigenvalue weighted by Gasteiger charge is -2.28. The summed E-state index contributed by atoms with van der Waals surface area (Å²) < 4.78 is 1.10. The van der Waals surface area contributed by atoms with Gasteiger partial charge in [0.1, 0.15) is 0 Å². The Kier molecular flexibility index (Phi) is 3.11. The van der Waals surface area contributed by atoms with Crippen LogP contribution in [-0.2, 0) is 0 Å². The summed E-state index contributed by atoms with van der Waals surface area (Å²) in [7, 11) is 8.08. The van der Waals surface area contributed by atoms with E-state index in [0.29, 0.717) is 5.04 Å².